The lowest BCUT2D eigenvalue weighted by Gasteiger charge is -2.32. The molecule has 1 amide bonds. The maximum absolute atomic E-state index is 13.7. The number of anilines is 1. The van der Waals surface area contributed by atoms with Crippen molar-refractivity contribution < 1.29 is 22.4 Å². The molecular weight excluding hydrogens is 437 g/mol. The molecule has 1 aliphatic heterocycles. The number of halogens is 3. The number of alkyl halides is 3. The van der Waals surface area contributed by atoms with Gasteiger partial charge in [-0.1, -0.05) is 12.1 Å². The Hall–Kier alpha value is -4.02. The van der Waals surface area contributed by atoms with Crippen LogP contribution in [0.2, 0.25) is 0 Å². The maximum Gasteiger partial charge on any atom is 0.410 e. The third-order valence-electron chi connectivity index (χ3n) is 5.53. The van der Waals surface area contributed by atoms with Crippen LogP contribution in [0.1, 0.15) is 40.2 Å². The Balaban J connectivity index is 1.34. The summed E-state index contributed by atoms with van der Waals surface area (Å²) in [6.07, 6.45) is 1.22. The van der Waals surface area contributed by atoms with Crippen LogP contribution in [-0.2, 0) is 6.54 Å². The molecule has 11 heteroatoms. The first-order chi connectivity index (χ1) is 15.9. The number of fused-ring (bicyclic) bond motifs is 1. The van der Waals surface area contributed by atoms with Gasteiger partial charge in [0.25, 0.3) is 5.91 Å². The smallest absolute Gasteiger partial charge is 0.410 e. The molecule has 8 nitrogen and oxygen atoms in total. The number of nitrogens with one attached hydrogen (secondary N) is 2. The lowest BCUT2D eigenvalue weighted by molar-refractivity contribution is -0.174. The van der Waals surface area contributed by atoms with E-state index in [4.69, 9.17) is 4.42 Å². The maximum atomic E-state index is 13.7. The standard InChI is InChI=1S/C22H19F3N6O2/c23-22(24,25)19-11-17(18-3-1-10-33-18)29-20-16(13-28-31(19)20)21(32)26-12-14-4-6-15(7-5-14)30-9-2-8-27-30/h1-10,13,17,19,29H,11-12H2,(H,26,32)/t17-,19+/m1/s1. The third-order valence-corrected chi connectivity index (χ3v) is 5.53. The summed E-state index contributed by atoms with van der Waals surface area (Å²) >= 11 is 0. The second-order valence-corrected chi connectivity index (χ2v) is 7.66. The van der Waals surface area contributed by atoms with Gasteiger partial charge in [0.15, 0.2) is 6.04 Å². The van der Waals surface area contributed by atoms with Crippen molar-refractivity contribution in [3.8, 4) is 5.69 Å². The predicted octanol–water partition coefficient (Wildman–Crippen LogP) is 4.25. The molecule has 4 aromatic rings. The molecule has 0 spiro atoms. The number of amides is 1. The van der Waals surface area contributed by atoms with Gasteiger partial charge >= 0.3 is 6.18 Å². The normalized spacial score (nSPS) is 17.9. The summed E-state index contributed by atoms with van der Waals surface area (Å²) in [5.74, 6) is -0.155. The zero-order valence-electron chi connectivity index (χ0n) is 17.2. The fourth-order valence-electron chi connectivity index (χ4n) is 3.87. The number of carbonyl (C=O) groups is 1. The highest BCUT2D eigenvalue weighted by atomic mass is 19.4. The first kappa shape index (κ1) is 20.9. The molecule has 4 heterocycles. The summed E-state index contributed by atoms with van der Waals surface area (Å²) < 4.78 is 49.0. The number of rotatable bonds is 5. The highest BCUT2D eigenvalue weighted by molar-refractivity contribution is 5.98. The fraction of sp³-hybridized carbons (Fsp3) is 0.227. The molecule has 0 radical (unpaired) electrons. The van der Waals surface area contributed by atoms with Crippen molar-refractivity contribution in [1.29, 1.82) is 0 Å². The number of furan rings is 1. The quantitative estimate of drug-likeness (QED) is 0.469. The lowest BCUT2D eigenvalue weighted by atomic mass is 10.0. The van der Waals surface area contributed by atoms with E-state index in [9.17, 15) is 18.0 Å². The molecule has 5 rings (SSSR count). The van der Waals surface area contributed by atoms with Gasteiger partial charge in [0.1, 0.15) is 17.1 Å². The first-order valence-corrected chi connectivity index (χ1v) is 10.2. The molecule has 33 heavy (non-hydrogen) atoms. The molecule has 3 aromatic heterocycles. The Morgan fingerprint density at radius 1 is 1.18 bits per heavy atom. The summed E-state index contributed by atoms with van der Waals surface area (Å²) in [5.41, 5.74) is 1.73. The van der Waals surface area contributed by atoms with E-state index in [1.807, 2.05) is 36.5 Å². The summed E-state index contributed by atoms with van der Waals surface area (Å²) in [4.78, 5) is 12.8. The summed E-state index contributed by atoms with van der Waals surface area (Å²) in [5, 5.41) is 13.8. The largest absolute Gasteiger partial charge is 0.467 e. The second kappa shape index (κ2) is 8.15. The molecule has 0 bridgehead atoms. The Morgan fingerprint density at radius 2 is 2.00 bits per heavy atom. The minimum atomic E-state index is -4.53. The van der Waals surface area contributed by atoms with Gasteiger partial charge in [0.05, 0.1) is 24.2 Å². The van der Waals surface area contributed by atoms with Crippen molar-refractivity contribution >= 4 is 11.7 Å². The van der Waals surface area contributed by atoms with E-state index in [2.05, 4.69) is 20.8 Å². The average molecular weight is 456 g/mol. The van der Waals surface area contributed by atoms with Crippen LogP contribution in [0.15, 0.2) is 71.7 Å². The van der Waals surface area contributed by atoms with E-state index in [-0.39, 0.29) is 24.3 Å². The second-order valence-electron chi connectivity index (χ2n) is 7.66. The molecule has 0 saturated carbocycles. The number of carbonyl (C=O) groups excluding carboxylic acids is 1. The number of benzene rings is 1. The van der Waals surface area contributed by atoms with Crippen molar-refractivity contribution in [3.63, 3.8) is 0 Å². The zero-order chi connectivity index (χ0) is 23.0. The highest BCUT2D eigenvalue weighted by Crippen LogP contribution is 2.44. The van der Waals surface area contributed by atoms with E-state index in [0.29, 0.717) is 5.76 Å². The molecule has 170 valence electrons. The molecule has 0 aliphatic carbocycles. The van der Waals surface area contributed by atoms with Crippen LogP contribution in [0.25, 0.3) is 5.69 Å². The van der Waals surface area contributed by atoms with Crippen LogP contribution in [0.5, 0.6) is 0 Å². The van der Waals surface area contributed by atoms with Crippen LogP contribution in [0.3, 0.4) is 0 Å². The molecular formula is C22H19F3N6O2. The van der Waals surface area contributed by atoms with E-state index in [0.717, 1.165) is 22.1 Å². The van der Waals surface area contributed by atoms with Gasteiger partial charge < -0.3 is 15.1 Å². The number of aromatic nitrogens is 4. The van der Waals surface area contributed by atoms with Gasteiger partial charge in [-0.15, -0.1) is 0 Å². The average Bonchev–Trinajstić information content (AvgIpc) is 3.58. The van der Waals surface area contributed by atoms with Gasteiger partial charge in [-0.05, 0) is 35.9 Å². The van der Waals surface area contributed by atoms with E-state index in [1.165, 1.54) is 6.26 Å². The lowest BCUT2D eigenvalue weighted by Crippen LogP contribution is -2.36. The van der Waals surface area contributed by atoms with Crippen molar-refractivity contribution in [2.75, 3.05) is 5.32 Å². The van der Waals surface area contributed by atoms with E-state index < -0.39 is 24.2 Å². The van der Waals surface area contributed by atoms with E-state index >= 15 is 0 Å². The summed E-state index contributed by atoms with van der Waals surface area (Å²) in [6.45, 7) is 0.202. The van der Waals surface area contributed by atoms with Crippen LogP contribution >= 0.6 is 0 Å². The van der Waals surface area contributed by atoms with E-state index in [1.54, 1.807) is 23.0 Å². The van der Waals surface area contributed by atoms with Crippen LogP contribution in [0.4, 0.5) is 19.0 Å². The van der Waals surface area contributed by atoms with Crippen LogP contribution < -0.4 is 10.6 Å². The van der Waals surface area contributed by atoms with Gasteiger partial charge in [-0.3, -0.25) is 4.79 Å². The highest BCUT2D eigenvalue weighted by Gasteiger charge is 2.47. The Labute approximate surface area is 186 Å². The van der Waals surface area contributed by atoms with Gasteiger partial charge in [0.2, 0.25) is 0 Å². The summed E-state index contributed by atoms with van der Waals surface area (Å²) in [6, 6.07) is 9.82. The molecule has 2 atom stereocenters. The van der Waals surface area contributed by atoms with Crippen molar-refractivity contribution in [2.45, 2.75) is 31.2 Å². The Bertz CT molecular complexity index is 1230. The van der Waals surface area contributed by atoms with Crippen molar-refractivity contribution in [3.05, 3.63) is 84.2 Å². The zero-order valence-corrected chi connectivity index (χ0v) is 17.2. The van der Waals surface area contributed by atoms with Gasteiger partial charge in [-0.2, -0.15) is 23.4 Å². The summed E-state index contributed by atoms with van der Waals surface area (Å²) in [7, 11) is 0. The number of nitrogens with zero attached hydrogens (tertiary/aromatic N) is 4. The first-order valence-electron chi connectivity index (χ1n) is 10.2. The fourth-order valence-corrected chi connectivity index (χ4v) is 3.87. The molecule has 2 N–H and O–H groups in total. The van der Waals surface area contributed by atoms with Crippen LogP contribution in [0, 0.1) is 0 Å². The minimum absolute atomic E-state index is 0.0107. The molecule has 0 saturated heterocycles. The number of hydrogen-bond donors (Lipinski definition) is 2. The predicted molar refractivity (Wildman–Crippen MR) is 112 cm³/mol. The van der Waals surface area contributed by atoms with Crippen LogP contribution in [-0.4, -0.2) is 31.6 Å². The van der Waals surface area contributed by atoms with Gasteiger partial charge in [-0.25, -0.2) is 9.36 Å². The topological polar surface area (TPSA) is 89.9 Å². The monoisotopic (exact) mass is 456 g/mol. The third kappa shape index (κ3) is 4.09. The molecule has 1 aromatic carbocycles. The minimum Gasteiger partial charge on any atom is -0.467 e. The molecule has 0 fully saturated rings. The number of hydrogen-bond acceptors (Lipinski definition) is 5. The SMILES string of the molecule is O=C(NCc1ccc(-n2cccn2)cc1)c1cnn2c1N[C@@H](c1ccco1)C[C@H]2C(F)(F)F. The van der Waals surface area contributed by atoms with Gasteiger partial charge in [0, 0.05) is 25.4 Å². The molecule has 1 aliphatic rings. The van der Waals surface area contributed by atoms with Crippen molar-refractivity contribution in [1.82, 2.24) is 24.9 Å². The molecule has 0 unspecified atom stereocenters. The Kier molecular flexibility index (Phi) is 5.15. The Morgan fingerprint density at radius 3 is 2.67 bits per heavy atom. The van der Waals surface area contributed by atoms with Crippen molar-refractivity contribution in [2.24, 2.45) is 0 Å².